The van der Waals surface area contributed by atoms with Gasteiger partial charge in [-0.15, -0.1) is 0 Å². The average Bonchev–Trinajstić information content (AvgIpc) is 2.79. The number of nitrogens with zero attached hydrogens (tertiary/aromatic N) is 2. The number of aromatic nitrogens is 2. The number of nitrogens with one attached hydrogen (secondary N) is 2. The Morgan fingerprint density at radius 1 is 1.03 bits per heavy atom. The van der Waals surface area contributed by atoms with Gasteiger partial charge in [0.05, 0.1) is 4.90 Å². The summed E-state index contributed by atoms with van der Waals surface area (Å²) >= 11 is 5.81. The molecule has 0 bridgehead atoms. The molecule has 1 heterocycles. The predicted octanol–water partition coefficient (Wildman–Crippen LogP) is 3.51. The molecular weight excluding hydrogens is 468 g/mol. The number of esters is 1. The van der Waals surface area contributed by atoms with E-state index in [1.807, 2.05) is 0 Å². The first-order valence-electron chi connectivity index (χ1n) is 9.58. The van der Waals surface area contributed by atoms with Gasteiger partial charge in [0.2, 0.25) is 5.95 Å². The molecule has 0 aliphatic carbocycles. The molecule has 3 aromatic rings. The molecule has 0 unspecified atom stereocenters. The van der Waals surface area contributed by atoms with Crippen LogP contribution in [0.15, 0.2) is 78.0 Å². The topological polar surface area (TPSA) is 127 Å². The Labute approximate surface area is 195 Å². The molecule has 9 nitrogen and oxygen atoms in total. The summed E-state index contributed by atoms with van der Waals surface area (Å²) in [4.78, 5) is 31.8. The third kappa shape index (κ3) is 7.13. The lowest BCUT2D eigenvalue weighted by Gasteiger charge is -2.13. The Hall–Kier alpha value is -3.76. The van der Waals surface area contributed by atoms with Gasteiger partial charge in [-0.25, -0.2) is 27.9 Å². The molecule has 0 spiro atoms. The predicted molar refractivity (Wildman–Crippen MR) is 124 cm³/mol. The smallest absolute Gasteiger partial charge is 0.331 e. The molecule has 0 fully saturated rings. The summed E-state index contributed by atoms with van der Waals surface area (Å²) in [6, 6.07) is 13.8. The van der Waals surface area contributed by atoms with E-state index in [1.165, 1.54) is 55.7 Å². The second-order valence-corrected chi connectivity index (χ2v) is 8.77. The number of amides is 1. The van der Waals surface area contributed by atoms with Crippen molar-refractivity contribution in [3.05, 3.63) is 83.7 Å². The minimum atomic E-state index is -3.89. The van der Waals surface area contributed by atoms with Crippen molar-refractivity contribution in [3.8, 4) is 0 Å². The lowest BCUT2D eigenvalue weighted by Crippen LogP contribution is -2.29. The minimum absolute atomic E-state index is 0.0419. The molecule has 3 rings (SSSR count). The van der Waals surface area contributed by atoms with Gasteiger partial charge in [0.25, 0.3) is 15.9 Å². The van der Waals surface area contributed by atoms with Crippen LogP contribution in [-0.4, -0.2) is 36.4 Å². The molecule has 2 N–H and O–H groups in total. The first-order valence-corrected chi connectivity index (χ1v) is 11.4. The van der Waals surface area contributed by atoms with Gasteiger partial charge >= 0.3 is 5.97 Å². The molecule has 11 heteroatoms. The van der Waals surface area contributed by atoms with Crippen LogP contribution in [-0.2, 0) is 24.3 Å². The molecule has 0 saturated carbocycles. The maximum Gasteiger partial charge on any atom is 0.331 e. The van der Waals surface area contributed by atoms with Crippen molar-refractivity contribution in [2.75, 3.05) is 10.0 Å². The van der Waals surface area contributed by atoms with Gasteiger partial charge in [-0.2, -0.15) is 0 Å². The number of hydrogen-bond donors (Lipinski definition) is 2. The fourth-order valence-electron chi connectivity index (χ4n) is 2.50. The van der Waals surface area contributed by atoms with Gasteiger partial charge in [0.15, 0.2) is 6.10 Å². The molecule has 2 aromatic carbocycles. The first kappa shape index (κ1) is 23.9. The van der Waals surface area contributed by atoms with E-state index in [1.54, 1.807) is 30.3 Å². The zero-order valence-electron chi connectivity index (χ0n) is 17.3. The number of rotatable bonds is 8. The van der Waals surface area contributed by atoms with E-state index in [0.29, 0.717) is 10.7 Å². The maximum absolute atomic E-state index is 12.4. The molecule has 1 amide bonds. The van der Waals surface area contributed by atoms with E-state index in [2.05, 4.69) is 20.0 Å². The zero-order chi connectivity index (χ0) is 23.8. The summed E-state index contributed by atoms with van der Waals surface area (Å²) in [5, 5.41) is 3.14. The summed E-state index contributed by atoms with van der Waals surface area (Å²) < 4.78 is 32.1. The monoisotopic (exact) mass is 486 g/mol. The fourth-order valence-corrected chi connectivity index (χ4v) is 3.58. The molecule has 170 valence electrons. The zero-order valence-corrected chi connectivity index (χ0v) is 18.9. The number of carbonyl (C=O) groups excluding carboxylic acids is 2. The van der Waals surface area contributed by atoms with Crippen molar-refractivity contribution >= 4 is 51.2 Å². The van der Waals surface area contributed by atoms with Crippen molar-refractivity contribution in [2.45, 2.75) is 17.9 Å². The van der Waals surface area contributed by atoms with Crippen LogP contribution in [0.3, 0.4) is 0 Å². The molecule has 0 aliphatic heterocycles. The largest absolute Gasteiger partial charge is 0.449 e. The van der Waals surface area contributed by atoms with Crippen molar-refractivity contribution in [2.24, 2.45) is 0 Å². The fraction of sp³-hybridized carbons (Fsp3) is 0.0909. The highest BCUT2D eigenvalue weighted by molar-refractivity contribution is 7.92. The number of carbonyl (C=O) groups is 2. The van der Waals surface area contributed by atoms with Crippen LogP contribution in [0.25, 0.3) is 6.08 Å². The number of hydrogen-bond acceptors (Lipinski definition) is 7. The Bertz CT molecular complexity index is 1250. The van der Waals surface area contributed by atoms with E-state index in [-0.39, 0.29) is 10.8 Å². The SMILES string of the molecule is C[C@@H](OC(=O)/C=C\c1ccc(Cl)cc1)C(=O)Nc1ccc(S(=O)(=O)Nc2ncccn2)cc1. The van der Waals surface area contributed by atoms with Crippen LogP contribution in [0.2, 0.25) is 5.02 Å². The summed E-state index contributed by atoms with van der Waals surface area (Å²) in [7, 11) is -3.89. The van der Waals surface area contributed by atoms with E-state index >= 15 is 0 Å². The molecule has 1 aromatic heterocycles. The summed E-state index contributed by atoms with van der Waals surface area (Å²) in [5.41, 5.74) is 1.08. The normalized spacial score (nSPS) is 12.2. The highest BCUT2D eigenvalue weighted by Gasteiger charge is 2.18. The van der Waals surface area contributed by atoms with Crippen molar-refractivity contribution in [1.29, 1.82) is 0 Å². The van der Waals surface area contributed by atoms with Crippen LogP contribution in [0.5, 0.6) is 0 Å². The van der Waals surface area contributed by atoms with Gasteiger partial charge in [-0.3, -0.25) is 4.79 Å². The number of sulfonamides is 1. The van der Waals surface area contributed by atoms with E-state index in [4.69, 9.17) is 16.3 Å². The molecule has 33 heavy (non-hydrogen) atoms. The number of ether oxygens (including phenoxy) is 1. The van der Waals surface area contributed by atoms with Crippen LogP contribution < -0.4 is 10.0 Å². The summed E-state index contributed by atoms with van der Waals surface area (Å²) in [5.74, 6) is -1.33. The second-order valence-electron chi connectivity index (χ2n) is 6.66. The number of benzene rings is 2. The molecular formula is C22H19ClN4O5S. The van der Waals surface area contributed by atoms with Crippen LogP contribution >= 0.6 is 11.6 Å². The van der Waals surface area contributed by atoms with Gasteiger partial charge < -0.3 is 10.1 Å². The van der Waals surface area contributed by atoms with Crippen molar-refractivity contribution in [3.63, 3.8) is 0 Å². The second kappa shape index (κ2) is 10.7. The van der Waals surface area contributed by atoms with Gasteiger partial charge in [0, 0.05) is 29.2 Å². The van der Waals surface area contributed by atoms with Gasteiger partial charge in [-0.05, 0) is 61.0 Å². The third-order valence-electron chi connectivity index (χ3n) is 4.17. The number of halogens is 1. The lowest BCUT2D eigenvalue weighted by molar-refractivity contribution is -0.148. The quantitative estimate of drug-likeness (QED) is 0.368. The highest BCUT2D eigenvalue weighted by Crippen LogP contribution is 2.17. The standard InChI is InChI=1S/C22H19ClN4O5S/c1-15(32-20(28)12-5-16-3-6-17(23)7-4-16)21(29)26-18-8-10-19(11-9-18)33(30,31)27-22-24-13-2-14-25-22/h2-15H,1H3,(H,26,29)(H,24,25,27)/b12-5-/t15-/m1/s1. The lowest BCUT2D eigenvalue weighted by atomic mass is 10.2. The molecule has 0 aliphatic rings. The number of anilines is 2. The average molecular weight is 487 g/mol. The van der Waals surface area contributed by atoms with E-state index in [9.17, 15) is 18.0 Å². The van der Waals surface area contributed by atoms with Crippen molar-refractivity contribution < 1.29 is 22.7 Å². The maximum atomic E-state index is 12.4. The Kier molecular flexibility index (Phi) is 7.75. The van der Waals surface area contributed by atoms with Crippen LogP contribution in [0, 0.1) is 0 Å². The summed E-state index contributed by atoms with van der Waals surface area (Å²) in [6.07, 6.45) is 4.48. The summed E-state index contributed by atoms with van der Waals surface area (Å²) in [6.45, 7) is 1.42. The minimum Gasteiger partial charge on any atom is -0.449 e. The van der Waals surface area contributed by atoms with Crippen LogP contribution in [0.4, 0.5) is 11.6 Å². The molecule has 0 saturated heterocycles. The third-order valence-corrected chi connectivity index (χ3v) is 5.76. The van der Waals surface area contributed by atoms with Gasteiger partial charge in [-0.1, -0.05) is 23.7 Å². The van der Waals surface area contributed by atoms with Crippen LogP contribution in [0.1, 0.15) is 12.5 Å². The van der Waals surface area contributed by atoms with Crippen molar-refractivity contribution in [1.82, 2.24) is 9.97 Å². The Morgan fingerprint density at radius 3 is 2.30 bits per heavy atom. The van der Waals surface area contributed by atoms with E-state index < -0.39 is 28.0 Å². The first-order chi connectivity index (χ1) is 15.7. The Morgan fingerprint density at radius 2 is 1.67 bits per heavy atom. The highest BCUT2D eigenvalue weighted by atomic mass is 35.5. The van der Waals surface area contributed by atoms with Gasteiger partial charge in [0.1, 0.15) is 0 Å². The molecule has 1 atom stereocenters. The molecule has 0 radical (unpaired) electrons. The van der Waals surface area contributed by atoms with E-state index in [0.717, 1.165) is 5.56 Å². The Balaban J connectivity index is 1.55.